The largest absolute Gasteiger partial charge is 0.494 e. The Morgan fingerprint density at radius 3 is 2.22 bits per heavy atom. The predicted molar refractivity (Wildman–Crippen MR) is 72.0 cm³/mol. The van der Waals surface area contributed by atoms with Gasteiger partial charge in [-0.05, 0) is 12.8 Å². The van der Waals surface area contributed by atoms with Crippen LogP contribution in [0.3, 0.4) is 0 Å². The molecule has 0 saturated heterocycles. The minimum absolute atomic E-state index is 0.0853. The molecule has 0 aromatic carbocycles. The van der Waals surface area contributed by atoms with E-state index in [0.717, 1.165) is 19.4 Å². The van der Waals surface area contributed by atoms with Crippen LogP contribution in [-0.4, -0.2) is 42.4 Å². The number of aliphatic hydroxyl groups excluding tert-OH is 1. The third-order valence-electron chi connectivity index (χ3n) is 3.60. The first-order chi connectivity index (χ1) is 8.60. The number of aliphatic hydroxyl groups is 1. The molecule has 0 aliphatic rings. The zero-order valence-corrected chi connectivity index (χ0v) is 11.7. The fourth-order valence-corrected chi connectivity index (χ4v) is 1.93. The maximum Gasteiger partial charge on any atom is 0.225 e. The molecule has 1 rings (SSSR count). The Bertz CT molecular complexity index is 341. The van der Waals surface area contributed by atoms with E-state index in [1.54, 1.807) is 19.5 Å². The summed E-state index contributed by atoms with van der Waals surface area (Å²) in [7, 11) is 3.53. The molecule has 0 radical (unpaired) electrons. The molecule has 1 aromatic heterocycles. The zero-order valence-electron chi connectivity index (χ0n) is 11.7. The Labute approximate surface area is 109 Å². The number of hydrogen-bond acceptors (Lipinski definition) is 5. The molecule has 0 aliphatic carbocycles. The van der Waals surface area contributed by atoms with Gasteiger partial charge in [0.1, 0.15) is 0 Å². The summed E-state index contributed by atoms with van der Waals surface area (Å²) in [6.45, 7) is 5.12. The first kappa shape index (κ1) is 14.7. The molecule has 1 N–H and O–H groups in total. The van der Waals surface area contributed by atoms with Crippen molar-refractivity contribution in [3.8, 4) is 5.75 Å². The second kappa shape index (κ2) is 6.54. The van der Waals surface area contributed by atoms with Gasteiger partial charge in [-0.3, -0.25) is 0 Å². The molecule has 0 amide bonds. The molecular weight excluding hydrogens is 230 g/mol. The van der Waals surface area contributed by atoms with Gasteiger partial charge in [0.15, 0.2) is 5.75 Å². The van der Waals surface area contributed by atoms with Gasteiger partial charge < -0.3 is 14.7 Å². The lowest BCUT2D eigenvalue weighted by molar-refractivity contribution is 0.121. The van der Waals surface area contributed by atoms with Crippen LogP contribution in [0, 0.1) is 5.41 Å². The van der Waals surface area contributed by atoms with Gasteiger partial charge in [-0.25, -0.2) is 9.97 Å². The molecule has 0 saturated carbocycles. The van der Waals surface area contributed by atoms with E-state index in [2.05, 4.69) is 23.8 Å². The van der Waals surface area contributed by atoms with Crippen molar-refractivity contribution in [3.63, 3.8) is 0 Å². The highest BCUT2D eigenvalue weighted by Crippen LogP contribution is 2.27. The highest BCUT2D eigenvalue weighted by molar-refractivity contribution is 5.30. The second-order valence-electron chi connectivity index (χ2n) is 4.64. The number of nitrogens with zero attached hydrogens (tertiary/aromatic N) is 3. The van der Waals surface area contributed by atoms with Gasteiger partial charge in [-0.15, -0.1) is 0 Å². The molecule has 0 spiro atoms. The minimum atomic E-state index is -0.0853. The van der Waals surface area contributed by atoms with E-state index in [1.807, 2.05) is 11.9 Å². The molecule has 18 heavy (non-hydrogen) atoms. The lowest BCUT2D eigenvalue weighted by atomic mass is 9.83. The van der Waals surface area contributed by atoms with E-state index in [-0.39, 0.29) is 12.0 Å². The molecule has 5 nitrogen and oxygen atoms in total. The molecule has 1 aromatic rings. The molecule has 0 atom stereocenters. The summed E-state index contributed by atoms with van der Waals surface area (Å²) in [5.74, 6) is 1.29. The quantitative estimate of drug-likeness (QED) is 0.802. The Morgan fingerprint density at radius 2 is 1.83 bits per heavy atom. The fraction of sp³-hybridized carbons (Fsp3) is 0.692. The fourth-order valence-electron chi connectivity index (χ4n) is 1.93. The lowest BCUT2D eigenvalue weighted by Crippen LogP contribution is -2.38. The van der Waals surface area contributed by atoms with Gasteiger partial charge >= 0.3 is 0 Å². The minimum Gasteiger partial charge on any atom is -0.494 e. The summed E-state index contributed by atoms with van der Waals surface area (Å²) in [5, 5.41) is 9.57. The molecule has 1 heterocycles. The van der Waals surface area contributed by atoms with Crippen LogP contribution in [0.25, 0.3) is 0 Å². The number of ether oxygens (including phenoxy) is 1. The van der Waals surface area contributed by atoms with Crippen molar-refractivity contribution in [2.24, 2.45) is 5.41 Å². The summed E-state index contributed by atoms with van der Waals surface area (Å²) >= 11 is 0. The van der Waals surface area contributed by atoms with Gasteiger partial charge in [0, 0.05) is 19.0 Å². The third kappa shape index (κ3) is 3.32. The van der Waals surface area contributed by atoms with Gasteiger partial charge in [0.2, 0.25) is 5.95 Å². The van der Waals surface area contributed by atoms with Crippen LogP contribution >= 0.6 is 0 Å². The van der Waals surface area contributed by atoms with Crippen molar-refractivity contribution in [1.29, 1.82) is 0 Å². The summed E-state index contributed by atoms with van der Waals surface area (Å²) in [4.78, 5) is 10.5. The Morgan fingerprint density at radius 1 is 1.28 bits per heavy atom. The van der Waals surface area contributed by atoms with Crippen molar-refractivity contribution in [1.82, 2.24) is 9.97 Å². The van der Waals surface area contributed by atoms with Crippen LogP contribution in [0.5, 0.6) is 5.75 Å². The lowest BCUT2D eigenvalue weighted by Gasteiger charge is -2.33. The summed E-state index contributed by atoms with van der Waals surface area (Å²) < 4.78 is 5.03. The van der Waals surface area contributed by atoms with E-state index < -0.39 is 0 Å². The van der Waals surface area contributed by atoms with Crippen LogP contribution in [0.4, 0.5) is 5.95 Å². The number of rotatable bonds is 7. The first-order valence-electron chi connectivity index (χ1n) is 6.29. The van der Waals surface area contributed by atoms with E-state index in [1.165, 1.54) is 0 Å². The van der Waals surface area contributed by atoms with Crippen LogP contribution in [0.1, 0.15) is 26.7 Å². The summed E-state index contributed by atoms with van der Waals surface area (Å²) in [5.41, 5.74) is -0.0853. The maximum absolute atomic E-state index is 9.57. The number of aromatic nitrogens is 2. The number of anilines is 1. The Hall–Kier alpha value is -1.36. The predicted octanol–water partition coefficient (Wildman–Crippen LogP) is 1.72. The van der Waals surface area contributed by atoms with E-state index in [0.29, 0.717) is 11.7 Å². The Balaban J connectivity index is 2.76. The third-order valence-corrected chi connectivity index (χ3v) is 3.60. The van der Waals surface area contributed by atoms with Crippen molar-refractivity contribution < 1.29 is 9.84 Å². The first-order valence-corrected chi connectivity index (χ1v) is 6.29. The molecule has 5 heteroatoms. The van der Waals surface area contributed by atoms with E-state index in [9.17, 15) is 5.11 Å². The van der Waals surface area contributed by atoms with Crippen molar-refractivity contribution in [2.75, 3.05) is 32.2 Å². The molecule has 0 aliphatic heterocycles. The van der Waals surface area contributed by atoms with Crippen molar-refractivity contribution in [3.05, 3.63) is 12.4 Å². The standard InChI is InChI=1S/C13H23N3O2/c1-5-13(6-2,10-17)9-16(3)12-14-7-11(18-4)8-15-12/h7-8,17H,5-6,9-10H2,1-4H3. The van der Waals surface area contributed by atoms with Crippen LogP contribution < -0.4 is 9.64 Å². The highest BCUT2D eigenvalue weighted by Gasteiger charge is 2.27. The van der Waals surface area contributed by atoms with Crippen molar-refractivity contribution >= 4 is 5.95 Å². The summed E-state index contributed by atoms with van der Waals surface area (Å²) in [6.07, 6.45) is 5.16. The van der Waals surface area contributed by atoms with Gasteiger partial charge in [0.05, 0.1) is 26.1 Å². The second-order valence-corrected chi connectivity index (χ2v) is 4.64. The van der Waals surface area contributed by atoms with Crippen LogP contribution in [0.15, 0.2) is 12.4 Å². The normalized spacial score (nSPS) is 11.4. The SMILES string of the molecule is CCC(CC)(CO)CN(C)c1ncc(OC)cn1. The maximum atomic E-state index is 9.57. The zero-order chi connectivity index (χ0) is 13.6. The molecule has 0 bridgehead atoms. The topological polar surface area (TPSA) is 58.5 Å². The Kier molecular flexibility index (Phi) is 5.34. The molecule has 0 fully saturated rings. The average Bonchev–Trinajstić information content (AvgIpc) is 2.45. The highest BCUT2D eigenvalue weighted by atomic mass is 16.5. The molecule has 0 unspecified atom stereocenters. The van der Waals surface area contributed by atoms with Crippen LogP contribution in [-0.2, 0) is 0 Å². The molecule has 102 valence electrons. The number of methoxy groups -OCH3 is 1. The van der Waals surface area contributed by atoms with Gasteiger partial charge in [-0.2, -0.15) is 0 Å². The van der Waals surface area contributed by atoms with E-state index in [4.69, 9.17) is 4.74 Å². The van der Waals surface area contributed by atoms with Gasteiger partial charge in [0.25, 0.3) is 0 Å². The van der Waals surface area contributed by atoms with Crippen molar-refractivity contribution in [2.45, 2.75) is 26.7 Å². The van der Waals surface area contributed by atoms with E-state index >= 15 is 0 Å². The average molecular weight is 253 g/mol. The summed E-state index contributed by atoms with van der Waals surface area (Å²) in [6, 6.07) is 0. The smallest absolute Gasteiger partial charge is 0.225 e. The number of hydrogen-bond donors (Lipinski definition) is 1. The monoisotopic (exact) mass is 253 g/mol. The van der Waals surface area contributed by atoms with Gasteiger partial charge in [-0.1, -0.05) is 13.8 Å². The molecular formula is C13H23N3O2. The van der Waals surface area contributed by atoms with Crippen LogP contribution in [0.2, 0.25) is 0 Å².